The van der Waals surface area contributed by atoms with Crippen LogP contribution in [0.25, 0.3) is 16.8 Å². The molecule has 3 aromatic rings. The Labute approximate surface area is 192 Å². The van der Waals surface area contributed by atoms with Gasteiger partial charge in [-0.15, -0.1) is 0 Å². The molecule has 1 amide bonds. The molecule has 32 heavy (non-hydrogen) atoms. The quantitative estimate of drug-likeness (QED) is 0.462. The van der Waals surface area contributed by atoms with Gasteiger partial charge in [-0.25, -0.2) is 4.99 Å². The Kier molecular flexibility index (Phi) is 6.51. The van der Waals surface area contributed by atoms with Crippen LogP contribution in [-0.2, 0) is 4.79 Å². The van der Waals surface area contributed by atoms with Crippen molar-refractivity contribution in [1.29, 1.82) is 0 Å². The summed E-state index contributed by atoms with van der Waals surface area (Å²) in [5, 5.41) is 5.48. The molecule has 0 radical (unpaired) electrons. The van der Waals surface area contributed by atoms with E-state index in [0.717, 1.165) is 39.1 Å². The number of carbonyl (C=O) groups is 1. The van der Waals surface area contributed by atoms with Gasteiger partial charge in [0.25, 0.3) is 5.91 Å². The summed E-state index contributed by atoms with van der Waals surface area (Å²) >= 11 is 1.33. The number of aliphatic imine (C=N–C) groups is 1. The molecule has 164 valence electrons. The zero-order valence-electron chi connectivity index (χ0n) is 18.7. The number of aryl methyl sites for hydroxylation is 2. The third kappa shape index (κ3) is 4.65. The van der Waals surface area contributed by atoms with Gasteiger partial charge in [-0.3, -0.25) is 4.79 Å². The predicted octanol–water partition coefficient (Wildman–Crippen LogP) is 6.15. The summed E-state index contributed by atoms with van der Waals surface area (Å²) in [6.07, 6.45) is 1.88. The van der Waals surface area contributed by atoms with Gasteiger partial charge in [-0.05, 0) is 86.1 Å². The number of nitrogens with zero attached hydrogens (tertiary/aromatic N) is 1. The van der Waals surface area contributed by atoms with Crippen molar-refractivity contribution in [2.45, 2.75) is 27.7 Å². The number of thioether (sulfide) groups is 1. The van der Waals surface area contributed by atoms with Crippen molar-refractivity contribution in [3.8, 4) is 11.5 Å². The summed E-state index contributed by atoms with van der Waals surface area (Å²) < 4.78 is 11.6. The summed E-state index contributed by atoms with van der Waals surface area (Å²) in [5.74, 6) is 1.35. The standard InChI is InChI=1S/C26H26N2O3S/c1-5-30-19-10-8-18-9-12-23(31-6-2)21(20(18)14-19)15-24-25(29)28-26(32-24)27-22-11-7-16(3)13-17(22)4/h7-15H,5-6H2,1-4H3,(H,27,28,29)/b24-15-. The molecule has 0 atom stereocenters. The Morgan fingerprint density at radius 3 is 2.53 bits per heavy atom. The molecule has 0 aliphatic carbocycles. The van der Waals surface area contributed by atoms with Gasteiger partial charge in [0.15, 0.2) is 5.17 Å². The van der Waals surface area contributed by atoms with E-state index in [1.54, 1.807) is 0 Å². The molecule has 1 saturated heterocycles. The first kappa shape index (κ1) is 22.0. The van der Waals surface area contributed by atoms with Crippen molar-refractivity contribution in [2.75, 3.05) is 13.2 Å². The molecule has 4 rings (SSSR count). The number of hydrogen-bond acceptors (Lipinski definition) is 5. The second-order valence-corrected chi connectivity index (χ2v) is 8.53. The highest BCUT2D eigenvalue weighted by Gasteiger charge is 2.25. The minimum absolute atomic E-state index is 0.168. The SMILES string of the molecule is CCOc1ccc2ccc(OCC)c(/C=C3\SC(=Nc4ccc(C)cc4C)NC3=O)c2c1. The number of hydrogen-bond donors (Lipinski definition) is 1. The van der Waals surface area contributed by atoms with Crippen LogP contribution in [-0.4, -0.2) is 24.3 Å². The van der Waals surface area contributed by atoms with E-state index in [9.17, 15) is 4.79 Å². The molecule has 1 fully saturated rings. The van der Waals surface area contributed by atoms with Crippen LogP contribution in [0, 0.1) is 13.8 Å². The number of rotatable bonds is 6. The first-order chi connectivity index (χ1) is 15.5. The van der Waals surface area contributed by atoms with Crippen molar-refractivity contribution in [1.82, 2.24) is 5.32 Å². The third-order valence-electron chi connectivity index (χ3n) is 5.11. The van der Waals surface area contributed by atoms with E-state index in [1.165, 1.54) is 17.3 Å². The molecule has 0 saturated carbocycles. The Bertz CT molecular complexity index is 1240. The Hall–Kier alpha value is -3.25. The van der Waals surface area contributed by atoms with Crippen LogP contribution in [0.2, 0.25) is 0 Å². The molecule has 0 aromatic heterocycles. The largest absolute Gasteiger partial charge is 0.494 e. The minimum Gasteiger partial charge on any atom is -0.494 e. The molecule has 0 unspecified atom stereocenters. The van der Waals surface area contributed by atoms with E-state index < -0.39 is 0 Å². The van der Waals surface area contributed by atoms with Crippen molar-refractivity contribution < 1.29 is 14.3 Å². The van der Waals surface area contributed by atoms with E-state index in [1.807, 2.05) is 76.2 Å². The van der Waals surface area contributed by atoms with Gasteiger partial charge in [-0.1, -0.05) is 29.8 Å². The van der Waals surface area contributed by atoms with Crippen LogP contribution in [0.15, 0.2) is 58.4 Å². The van der Waals surface area contributed by atoms with Crippen LogP contribution in [0.4, 0.5) is 5.69 Å². The summed E-state index contributed by atoms with van der Waals surface area (Å²) in [6.45, 7) is 9.09. The van der Waals surface area contributed by atoms with Crippen LogP contribution in [0.5, 0.6) is 11.5 Å². The fourth-order valence-electron chi connectivity index (χ4n) is 3.64. The van der Waals surface area contributed by atoms with Crippen LogP contribution in [0.3, 0.4) is 0 Å². The average Bonchev–Trinajstić information content (AvgIpc) is 3.11. The molecule has 6 heteroatoms. The lowest BCUT2D eigenvalue weighted by atomic mass is 10.0. The first-order valence-corrected chi connectivity index (χ1v) is 11.5. The topological polar surface area (TPSA) is 59.9 Å². The fourth-order valence-corrected chi connectivity index (χ4v) is 4.46. The molecule has 3 aromatic carbocycles. The normalized spacial score (nSPS) is 16.1. The summed E-state index contributed by atoms with van der Waals surface area (Å²) in [7, 11) is 0. The molecule has 5 nitrogen and oxygen atoms in total. The third-order valence-corrected chi connectivity index (χ3v) is 6.02. The molecule has 1 aliphatic rings. The van der Waals surface area contributed by atoms with Gasteiger partial charge in [0, 0.05) is 5.56 Å². The number of carbonyl (C=O) groups excluding carboxylic acids is 1. The molecule has 1 heterocycles. The zero-order valence-corrected chi connectivity index (χ0v) is 19.5. The molecule has 0 spiro atoms. The van der Waals surface area contributed by atoms with Crippen LogP contribution in [0.1, 0.15) is 30.5 Å². The maximum atomic E-state index is 12.7. The highest BCUT2D eigenvalue weighted by atomic mass is 32.2. The van der Waals surface area contributed by atoms with Crippen molar-refractivity contribution in [2.24, 2.45) is 4.99 Å². The number of benzene rings is 3. The Balaban J connectivity index is 1.75. The maximum Gasteiger partial charge on any atom is 0.264 e. The number of nitrogens with one attached hydrogen (secondary N) is 1. The van der Waals surface area contributed by atoms with E-state index in [-0.39, 0.29) is 5.91 Å². The molecular weight excluding hydrogens is 420 g/mol. The maximum absolute atomic E-state index is 12.7. The first-order valence-electron chi connectivity index (χ1n) is 10.7. The van der Waals surface area contributed by atoms with Crippen LogP contribution < -0.4 is 14.8 Å². The lowest BCUT2D eigenvalue weighted by molar-refractivity contribution is -0.115. The van der Waals surface area contributed by atoms with E-state index in [4.69, 9.17) is 9.47 Å². The second-order valence-electron chi connectivity index (χ2n) is 7.50. The summed E-state index contributed by atoms with van der Waals surface area (Å²) in [6, 6.07) is 16.0. The predicted molar refractivity (Wildman–Crippen MR) is 133 cm³/mol. The van der Waals surface area contributed by atoms with E-state index in [0.29, 0.717) is 23.3 Å². The fraction of sp³-hybridized carbons (Fsp3) is 0.231. The molecule has 1 N–H and O–H groups in total. The smallest absolute Gasteiger partial charge is 0.264 e. The van der Waals surface area contributed by atoms with Crippen molar-refractivity contribution in [3.05, 3.63) is 70.1 Å². The van der Waals surface area contributed by atoms with Gasteiger partial charge < -0.3 is 14.8 Å². The average molecular weight is 447 g/mol. The zero-order chi connectivity index (χ0) is 22.7. The van der Waals surface area contributed by atoms with Gasteiger partial charge in [0.05, 0.1) is 23.8 Å². The second kappa shape index (κ2) is 9.49. The number of fused-ring (bicyclic) bond motifs is 1. The number of amides is 1. The van der Waals surface area contributed by atoms with E-state index in [2.05, 4.69) is 16.4 Å². The van der Waals surface area contributed by atoms with E-state index >= 15 is 0 Å². The van der Waals surface area contributed by atoms with Crippen molar-refractivity contribution >= 4 is 45.4 Å². The van der Waals surface area contributed by atoms with Gasteiger partial charge >= 0.3 is 0 Å². The van der Waals surface area contributed by atoms with Gasteiger partial charge in [0.1, 0.15) is 11.5 Å². The molecule has 1 aliphatic heterocycles. The van der Waals surface area contributed by atoms with Crippen molar-refractivity contribution in [3.63, 3.8) is 0 Å². The lowest BCUT2D eigenvalue weighted by Gasteiger charge is -2.12. The number of amidine groups is 1. The van der Waals surface area contributed by atoms with Gasteiger partial charge in [-0.2, -0.15) is 0 Å². The number of ether oxygens (including phenoxy) is 2. The highest BCUT2D eigenvalue weighted by Crippen LogP contribution is 2.36. The minimum atomic E-state index is -0.168. The van der Waals surface area contributed by atoms with Gasteiger partial charge in [0.2, 0.25) is 0 Å². The molecule has 0 bridgehead atoms. The Morgan fingerprint density at radius 2 is 1.78 bits per heavy atom. The molecular formula is C26H26N2O3S. The summed E-state index contributed by atoms with van der Waals surface area (Å²) in [5.41, 5.74) is 3.96. The highest BCUT2D eigenvalue weighted by molar-refractivity contribution is 8.18. The lowest BCUT2D eigenvalue weighted by Crippen LogP contribution is -2.19. The van der Waals surface area contributed by atoms with Crippen LogP contribution >= 0.6 is 11.8 Å². The summed E-state index contributed by atoms with van der Waals surface area (Å²) in [4.78, 5) is 18.0. The Morgan fingerprint density at radius 1 is 1.00 bits per heavy atom. The monoisotopic (exact) mass is 446 g/mol.